The third-order valence-corrected chi connectivity index (χ3v) is 7.14. The highest BCUT2D eigenvalue weighted by Gasteiger charge is 2.22. The molecule has 1 atom stereocenters. The second-order valence-corrected chi connectivity index (χ2v) is 10.0. The van der Waals surface area contributed by atoms with Gasteiger partial charge >= 0.3 is 0 Å². The fourth-order valence-corrected chi connectivity index (χ4v) is 4.95. The van der Waals surface area contributed by atoms with Gasteiger partial charge in [-0.3, -0.25) is 14.4 Å². The summed E-state index contributed by atoms with van der Waals surface area (Å²) in [7, 11) is -3.84. The van der Waals surface area contributed by atoms with Crippen LogP contribution in [-0.4, -0.2) is 52.1 Å². The first-order valence-electron chi connectivity index (χ1n) is 11.3. The summed E-state index contributed by atoms with van der Waals surface area (Å²) in [6.07, 6.45) is 0. The number of hydrogen-bond acceptors (Lipinski definition) is 5. The van der Waals surface area contributed by atoms with Crippen LogP contribution in [0.15, 0.2) is 83.8 Å². The van der Waals surface area contributed by atoms with Crippen molar-refractivity contribution in [3.8, 4) is 0 Å². The van der Waals surface area contributed by atoms with Gasteiger partial charge in [0, 0.05) is 30.9 Å². The normalized spacial score (nSPS) is 15.4. The SMILES string of the molecule is Cc1ccc(NS(=O)(=O)c2cccc(C(=O)N[C@H](CN3CCOCC3)c3ccccc3)c2)cc1. The van der Waals surface area contributed by atoms with Crippen LogP contribution < -0.4 is 10.0 Å². The van der Waals surface area contributed by atoms with Gasteiger partial charge in [0.15, 0.2) is 0 Å². The van der Waals surface area contributed by atoms with Crippen LogP contribution in [0.2, 0.25) is 0 Å². The Balaban J connectivity index is 1.52. The number of nitrogens with zero attached hydrogens (tertiary/aromatic N) is 1. The van der Waals surface area contributed by atoms with Crippen molar-refractivity contribution in [3.05, 3.63) is 95.6 Å². The molecule has 1 aliphatic heterocycles. The van der Waals surface area contributed by atoms with E-state index in [4.69, 9.17) is 4.74 Å². The summed E-state index contributed by atoms with van der Waals surface area (Å²) >= 11 is 0. The first-order valence-corrected chi connectivity index (χ1v) is 12.7. The Hall–Kier alpha value is -3.20. The number of morpholine rings is 1. The zero-order valence-corrected chi connectivity index (χ0v) is 19.9. The van der Waals surface area contributed by atoms with Crippen molar-refractivity contribution in [3.63, 3.8) is 0 Å². The maximum absolute atomic E-state index is 13.2. The van der Waals surface area contributed by atoms with Gasteiger partial charge in [0.05, 0.1) is 24.2 Å². The Morgan fingerprint density at radius 3 is 2.38 bits per heavy atom. The lowest BCUT2D eigenvalue weighted by molar-refractivity contribution is 0.0332. The molecule has 3 aromatic carbocycles. The van der Waals surface area contributed by atoms with E-state index >= 15 is 0 Å². The average Bonchev–Trinajstić information content (AvgIpc) is 2.86. The minimum Gasteiger partial charge on any atom is -0.379 e. The minimum absolute atomic E-state index is 0.0326. The lowest BCUT2D eigenvalue weighted by Gasteiger charge is -2.31. The van der Waals surface area contributed by atoms with E-state index in [1.165, 1.54) is 12.1 Å². The Kier molecular flexibility index (Phi) is 7.62. The third-order valence-electron chi connectivity index (χ3n) is 5.76. The van der Waals surface area contributed by atoms with Crippen molar-refractivity contribution in [2.75, 3.05) is 37.6 Å². The number of aryl methyl sites for hydroxylation is 1. The summed E-state index contributed by atoms with van der Waals surface area (Å²) in [5, 5.41) is 3.09. The highest BCUT2D eigenvalue weighted by atomic mass is 32.2. The molecule has 0 aliphatic carbocycles. The van der Waals surface area contributed by atoms with Crippen molar-refractivity contribution < 1.29 is 17.9 Å². The van der Waals surface area contributed by atoms with Gasteiger partial charge in [0.25, 0.3) is 15.9 Å². The fourth-order valence-electron chi connectivity index (χ4n) is 3.84. The predicted molar refractivity (Wildman–Crippen MR) is 132 cm³/mol. The van der Waals surface area contributed by atoms with Gasteiger partial charge in [-0.05, 0) is 42.8 Å². The Morgan fingerprint density at radius 1 is 0.971 bits per heavy atom. The van der Waals surface area contributed by atoms with Crippen LogP contribution in [0.5, 0.6) is 0 Å². The quantitative estimate of drug-likeness (QED) is 0.516. The lowest BCUT2D eigenvalue weighted by atomic mass is 10.1. The number of ether oxygens (including phenoxy) is 1. The third kappa shape index (κ3) is 6.22. The molecule has 0 aromatic heterocycles. The molecule has 0 spiro atoms. The van der Waals surface area contributed by atoms with Gasteiger partial charge in [-0.1, -0.05) is 54.1 Å². The molecular formula is C26H29N3O4S. The van der Waals surface area contributed by atoms with E-state index in [0.29, 0.717) is 25.4 Å². The van der Waals surface area contributed by atoms with Crippen molar-refractivity contribution in [1.82, 2.24) is 10.2 Å². The Labute approximate surface area is 200 Å². The predicted octanol–water partition coefficient (Wildman–Crippen LogP) is 3.60. The van der Waals surface area contributed by atoms with Crippen molar-refractivity contribution in [1.29, 1.82) is 0 Å². The molecule has 7 nitrogen and oxygen atoms in total. The van der Waals surface area contributed by atoms with Gasteiger partial charge in [-0.25, -0.2) is 8.42 Å². The van der Waals surface area contributed by atoms with E-state index in [9.17, 15) is 13.2 Å². The van der Waals surface area contributed by atoms with Crippen LogP contribution in [0.4, 0.5) is 5.69 Å². The molecule has 4 rings (SSSR count). The number of nitrogens with one attached hydrogen (secondary N) is 2. The molecule has 34 heavy (non-hydrogen) atoms. The van der Waals surface area contributed by atoms with Crippen LogP contribution in [0.1, 0.15) is 27.5 Å². The minimum atomic E-state index is -3.84. The summed E-state index contributed by atoms with van der Waals surface area (Å²) in [5.74, 6) is -0.325. The van der Waals surface area contributed by atoms with Gasteiger partial charge in [-0.2, -0.15) is 0 Å². The summed E-state index contributed by atoms with van der Waals surface area (Å²) in [5.41, 5.74) is 2.78. The molecule has 0 bridgehead atoms. The summed E-state index contributed by atoms with van der Waals surface area (Å²) in [6, 6.07) is 22.7. The number of benzene rings is 3. The maximum Gasteiger partial charge on any atom is 0.261 e. The molecule has 2 N–H and O–H groups in total. The van der Waals surface area contributed by atoms with Gasteiger partial charge in [0.2, 0.25) is 0 Å². The highest BCUT2D eigenvalue weighted by molar-refractivity contribution is 7.92. The second kappa shape index (κ2) is 10.8. The molecular weight excluding hydrogens is 450 g/mol. The number of sulfonamides is 1. The van der Waals surface area contributed by atoms with E-state index in [2.05, 4.69) is 14.9 Å². The number of carbonyl (C=O) groups excluding carboxylic acids is 1. The van der Waals surface area contributed by atoms with E-state index < -0.39 is 10.0 Å². The summed E-state index contributed by atoms with van der Waals surface area (Å²) < 4.78 is 33.8. The molecule has 3 aromatic rings. The molecule has 8 heteroatoms. The van der Waals surface area contributed by atoms with E-state index in [0.717, 1.165) is 24.2 Å². The highest BCUT2D eigenvalue weighted by Crippen LogP contribution is 2.20. The molecule has 1 saturated heterocycles. The fraction of sp³-hybridized carbons (Fsp3) is 0.269. The van der Waals surface area contributed by atoms with Crippen LogP contribution in [-0.2, 0) is 14.8 Å². The molecule has 1 aliphatic rings. The molecule has 1 amide bonds. The zero-order valence-electron chi connectivity index (χ0n) is 19.1. The van der Waals surface area contributed by atoms with Crippen molar-refractivity contribution in [2.24, 2.45) is 0 Å². The molecule has 0 saturated carbocycles. The first-order chi connectivity index (χ1) is 16.4. The maximum atomic E-state index is 13.2. The van der Waals surface area contributed by atoms with Crippen molar-refractivity contribution >= 4 is 21.6 Å². The van der Waals surface area contributed by atoms with Crippen molar-refractivity contribution in [2.45, 2.75) is 17.9 Å². The number of hydrogen-bond donors (Lipinski definition) is 2. The summed E-state index contributed by atoms with van der Waals surface area (Å²) in [4.78, 5) is 15.5. The lowest BCUT2D eigenvalue weighted by Crippen LogP contribution is -2.43. The first kappa shape index (κ1) is 23.9. The molecule has 1 heterocycles. The van der Waals surface area contributed by atoms with Gasteiger partial charge in [0.1, 0.15) is 0 Å². The molecule has 0 unspecified atom stereocenters. The number of carbonyl (C=O) groups is 1. The number of amides is 1. The number of anilines is 1. The van der Waals surface area contributed by atoms with Gasteiger partial charge in [-0.15, -0.1) is 0 Å². The zero-order chi connectivity index (χ0) is 24.0. The monoisotopic (exact) mass is 479 g/mol. The molecule has 0 radical (unpaired) electrons. The molecule has 178 valence electrons. The standard InChI is InChI=1S/C26H29N3O4S/c1-20-10-12-23(13-11-20)28-34(31,32)24-9-5-8-22(18-24)26(30)27-25(21-6-3-2-4-7-21)19-29-14-16-33-17-15-29/h2-13,18,25,28H,14-17,19H2,1H3,(H,27,30)/t25-/m1/s1. The molecule has 1 fully saturated rings. The Morgan fingerprint density at radius 2 is 1.68 bits per heavy atom. The topological polar surface area (TPSA) is 87.7 Å². The second-order valence-electron chi connectivity index (χ2n) is 8.35. The largest absolute Gasteiger partial charge is 0.379 e. The van der Waals surface area contributed by atoms with E-state index in [1.54, 1.807) is 24.3 Å². The van der Waals surface area contributed by atoms with E-state index in [-0.39, 0.29) is 22.4 Å². The van der Waals surface area contributed by atoms with Crippen LogP contribution in [0, 0.1) is 6.92 Å². The number of rotatable bonds is 8. The van der Waals surface area contributed by atoms with E-state index in [1.807, 2.05) is 49.4 Å². The van der Waals surface area contributed by atoms with Crippen LogP contribution in [0.3, 0.4) is 0 Å². The average molecular weight is 480 g/mol. The van der Waals surface area contributed by atoms with Crippen LogP contribution >= 0.6 is 0 Å². The summed E-state index contributed by atoms with van der Waals surface area (Å²) in [6.45, 7) is 5.52. The smallest absolute Gasteiger partial charge is 0.261 e. The Bertz CT molecular complexity index is 1210. The van der Waals surface area contributed by atoms with Crippen LogP contribution in [0.25, 0.3) is 0 Å². The van der Waals surface area contributed by atoms with Gasteiger partial charge < -0.3 is 10.1 Å².